The highest BCUT2D eigenvalue weighted by molar-refractivity contribution is 8.00. The first-order valence-electron chi connectivity index (χ1n) is 9.25. The Morgan fingerprint density at radius 3 is 2.59 bits per heavy atom. The average Bonchev–Trinajstić information content (AvgIpc) is 2.78. The molecular weight excluding hydrogens is 380 g/mol. The Balaban J connectivity index is 1.67. The van der Waals surface area contributed by atoms with Crippen molar-refractivity contribution >= 4 is 34.3 Å². The molecular formula is C24H20N2O2S. The van der Waals surface area contributed by atoms with E-state index >= 15 is 0 Å². The van der Waals surface area contributed by atoms with Gasteiger partial charge in [0.1, 0.15) is 11.0 Å². The highest BCUT2D eigenvalue weighted by Gasteiger charge is 2.23. The first kappa shape index (κ1) is 19.0. The third-order valence-corrected chi connectivity index (χ3v) is 5.86. The second-order valence-corrected chi connectivity index (χ2v) is 7.60. The van der Waals surface area contributed by atoms with Crippen LogP contribution in [0, 0.1) is 0 Å². The Hall–Kier alpha value is -3.31. The van der Waals surface area contributed by atoms with E-state index < -0.39 is 5.25 Å². The van der Waals surface area contributed by atoms with Crippen LogP contribution in [-0.4, -0.2) is 18.0 Å². The molecule has 1 aromatic heterocycles. The predicted molar refractivity (Wildman–Crippen MR) is 118 cm³/mol. The zero-order valence-corrected chi connectivity index (χ0v) is 16.7. The lowest BCUT2D eigenvalue weighted by molar-refractivity contribution is -0.115. The van der Waals surface area contributed by atoms with Crippen molar-refractivity contribution in [1.29, 1.82) is 0 Å². The number of methoxy groups -OCH3 is 1. The minimum atomic E-state index is -0.409. The number of carbonyl (C=O) groups is 1. The summed E-state index contributed by atoms with van der Waals surface area (Å²) in [6.45, 7) is 0. The molecule has 0 saturated carbocycles. The number of hydrogen-bond donors (Lipinski definition) is 1. The summed E-state index contributed by atoms with van der Waals surface area (Å²) in [5, 5.41) is 3.66. The first-order valence-corrected chi connectivity index (χ1v) is 10.1. The molecule has 0 spiro atoms. The number of hydrogen-bond acceptors (Lipinski definition) is 4. The molecule has 1 amide bonds. The first-order chi connectivity index (χ1) is 14.2. The Labute approximate surface area is 173 Å². The van der Waals surface area contributed by atoms with E-state index in [0.717, 1.165) is 21.4 Å². The van der Waals surface area contributed by atoms with Gasteiger partial charge in [-0.3, -0.25) is 9.78 Å². The van der Waals surface area contributed by atoms with Gasteiger partial charge in [-0.05, 0) is 29.8 Å². The topological polar surface area (TPSA) is 51.2 Å². The monoisotopic (exact) mass is 400 g/mol. The summed E-state index contributed by atoms with van der Waals surface area (Å²) >= 11 is 1.53. The zero-order valence-electron chi connectivity index (χ0n) is 15.9. The number of ether oxygens (including phenoxy) is 1. The second-order valence-electron chi connectivity index (χ2n) is 6.46. The Kier molecular flexibility index (Phi) is 5.77. The highest BCUT2D eigenvalue weighted by Crippen LogP contribution is 2.39. The molecule has 0 saturated heterocycles. The van der Waals surface area contributed by atoms with E-state index in [2.05, 4.69) is 10.3 Å². The number of carbonyl (C=O) groups excluding carboxylic acids is 1. The quantitative estimate of drug-likeness (QED) is 0.421. The van der Waals surface area contributed by atoms with Crippen LogP contribution >= 0.6 is 11.8 Å². The van der Waals surface area contributed by atoms with E-state index in [1.165, 1.54) is 11.8 Å². The minimum Gasteiger partial charge on any atom is -0.497 e. The smallest absolute Gasteiger partial charge is 0.242 e. The van der Waals surface area contributed by atoms with Crippen molar-refractivity contribution in [3.8, 4) is 5.75 Å². The number of thioether (sulfide) groups is 1. The fraction of sp³-hybridized carbons (Fsp3) is 0.0833. The molecule has 0 bridgehead atoms. The van der Waals surface area contributed by atoms with Gasteiger partial charge in [0.2, 0.25) is 5.91 Å². The molecule has 3 aromatic carbocycles. The number of amides is 1. The van der Waals surface area contributed by atoms with Gasteiger partial charge in [-0.25, -0.2) is 0 Å². The van der Waals surface area contributed by atoms with Crippen molar-refractivity contribution < 1.29 is 9.53 Å². The van der Waals surface area contributed by atoms with Gasteiger partial charge in [0.25, 0.3) is 0 Å². The Morgan fingerprint density at radius 1 is 0.966 bits per heavy atom. The SMILES string of the molecule is COc1cccc(NC(=O)C(Sc2ccnc3ccccc23)c2ccccc2)c1. The molecule has 0 fully saturated rings. The van der Waals surface area contributed by atoms with Gasteiger partial charge in [-0.15, -0.1) is 11.8 Å². The van der Waals surface area contributed by atoms with Crippen molar-refractivity contribution in [2.45, 2.75) is 10.1 Å². The number of fused-ring (bicyclic) bond motifs is 1. The minimum absolute atomic E-state index is 0.0876. The fourth-order valence-corrected chi connectivity index (χ4v) is 4.26. The van der Waals surface area contributed by atoms with Gasteiger partial charge in [-0.2, -0.15) is 0 Å². The number of pyridine rings is 1. The third kappa shape index (κ3) is 4.41. The molecule has 1 heterocycles. The summed E-state index contributed by atoms with van der Waals surface area (Å²) < 4.78 is 5.26. The highest BCUT2D eigenvalue weighted by atomic mass is 32.2. The summed E-state index contributed by atoms with van der Waals surface area (Å²) in [6, 6.07) is 27.1. The second kappa shape index (κ2) is 8.80. The Bertz CT molecular complexity index is 1130. The molecule has 1 N–H and O–H groups in total. The van der Waals surface area contributed by atoms with Crippen LogP contribution in [0.2, 0.25) is 0 Å². The van der Waals surface area contributed by atoms with Crippen LogP contribution in [-0.2, 0) is 4.79 Å². The molecule has 1 atom stereocenters. The lowest BCUT2D eigenvalue weighted by Crippen LogP contribution is -2.19. The molecule has 1 unspecified atom stereocenters. The maximum atomic E-state index is 13.3. The maximum Gasteiger partial charge on any atom is 0.242 e. The number of nitrogens with one attached hydrogen (secondary N) is 1. The van der Waals surface area contributed by atoms with Crippen LogP contribution in [0.1, 0.15) is 10.8 Å². The van der Waals surface area contributed by atoms with Crippen LogP contribution in [0.4, 0.5) is 5.69 Å². The molecule has 0 aliphatic carbocycles. The number of benzene rings is 3. The summed E-state index contributed by atoms with van der Waals surface area (Å²) in [4.78, 5) is 18.7. The average molecular weight is 401 g/mol. The van der Waals surface area contributed by atoms with Crippen molar-refractivity contribution in [2.24, 2.45) is 0 Å². The molecule has 4 aromatic rings. The van der Waals surface area contributed by atoms with Gasteiger partial charge < -0.3 is 10.1 Å². The number of rotatable bonds is 6. The van der Waals surface area contributed by atoms with Crippen molar-refractivity contribution in [2.75, 3.05) is 12.4 Å². The van der Waals surface area contributed by atoms with E-state index in [1.807, 2.05) is 84.9 Å². The molecule has 5 heteroatoms. The van der Waals surface area contributed by atoms with Crippen LogP contribution in [0.25, 0.3) is 10.9 Å². The van der Waals surface area contributed by atoms with Crippen LogP contribution < -0.4 is 10.1 Å². The molecule has 0 aliphatic rings. The van der Waals surface area contributed by atoms with Gasteiger partial charge in [0.15, 0.2) is 0 Å². The summed E-state index contributed by atoms with van der Waals surface area (Å²) in [7, 11) is 1.61. The summed E-state index contributed by atoms with van der Waals surface area (Å²) in [5.74, 6) is 0.613. The van der Waals surface area contributed by atoms with E-state index in [0.29, 0.717) is 11.4 Å². The van der Waals surface area contributed by atoms with Crippen LogP contribution in [0.5, 0.6) is 5.75 Å². The van der Waals surface area contributed by atoms with Crippen molar-refractivity contribution in [1.82, 2.24) is 4.98 Å². The molecule has 0 aliphatic heterocycles. The van der Waals surface area contributed by atoms with Crippen LogP contribution in [0.3, 0.4) is 0 Å². The largest absolute Gasteiger partial charge is 0.497 e. The van der Waals surface area contributed by atoms with Gasteiger partial charge >= 0.3 is 0 Å². The molecule has 0 radical (unpaired) electrons. The predicted octanol–water partition coefficient (Wildman–Crippen LogP) is 5.72. The molecule has 144 valence electrons. The Morgan fingerprint density at radius 2 is 1.76 bits per heavy atom. The molecule has 4 nitrogen and oxygen atoms in total. The van der Waals surface area contributed by atoms with Crippen molar-refractivity contribution in [3.05, 3.63) is 96.7 Å². The van der Waals surface area contributed by atoms with Gasteiger partial charge in [-0.1, -0.05) is 54.6 Å². The lowest BCUT2D eigenvalue weighted by atomic mass is 10.1. The zero-order chi connectivity index (χ0) is 20.1. The third-order valence-electron chi connectivity index (χ3n) is 4.53. The number of aromatic nitrogens is 1. The standard InChI is InChI=1S/C24H20N2O2S/c1-28-19-11-7-10-18(16-19)26-24(27)23(17-8-3-2-4-9-17)29-22-14-15-25-21-13-6-5-12-20(21)22/h2-16,23H,1H3,(H,26,27). The normalized spacial score (nSPS) is 11.8. The van der Waals surface area contributed by atoms with Gasteiger partial charge in [0, 0.05) is 28.2 Å². The number of para-hydroxylation sites is 1. The molecule has 29 heavy (non-hydrogen) atoms. The van der Waals surface area contributed by atoms with E-state index in [9.17, 15) is 4.79 Å². The fourth-order valence-electron chi connectivity index (χ4n) is 3.11. The van der Waals surface area contributed by atoms with Crippen molar-refractivity contribution in [3.63, 3.8) is 0 Å². The maximum absolute atomic E-state index is 13.3. The van der Waals surface area contributed by atoms with E-state index in [1.54, 1.807) is 13.3 Å². The lowest BCUT2D eigenvalue weighted by Gasteiger charge is -2.18. The van der Waals surface area contributed by atoms with E-state index in [-0.39, 0.29) is 5.91 Å². The summed E-state index contributed by atoms with van der Waals surface area (Å²) in [5.41, 5.74) is 2.56. The number of nitrogens with zero attached hydrogens (tertiary/aromatic N) is 1. The number of anilines is 1. The van der Waals surface area contributed by atoms with Crippen LogP contribution in [0.15, 0.2) is 96.0 Å². The summed E-state index contributed by atoms with van der Waals surface area (Å²) in [6.07, 6.45) is 1.78. The van der Waals surface area contributed by atoms with Gasteiger partial charge in [0.05, 0.1) is 12.6 Å². The van der Waals surface area contributed by atoms with E-state index in [4.69, 9.17) is 4.74 Å². The molecule has 4 rings (SSSR count).